The zero-order valence-corrected chi connectivity index (χ0v) is 11.7. The molecule has 1 aromatic rings. The monoisotopic (exact) mass is 269 g/mol. The molecule has 0 spiro atoms. The molecule has 6 heteroatoms. The maximum absolute atomic E-state index is 10.7. The molecule has 0 radical (unpaired) electrons. The quantitative estimate of drug-likeness (QED) is 0.803. The molecular weight excluding hydrogens is 250 g/mol. The molecule has 1 aromatic heterocycles. The zero-order chi connectivity index (χ0) is 13.2. The summed E-state index contributed by atoms with van der Waals surface area (Å²) in [6.45, 7) is 4.33. The lowest BCUT2D eigenvalue weighted by Gasteiger charge is -2.41. The van der Waals surface area contributed by atoms with Crippen molar-refractivity contribution >= 4 is 17.7 Å². The van der Waals surface area contributed by atoms with Gasteiger partial charge < -0.3 is 9.67 Å². The normalized spacial score (nSPS) is 17.4. The Morgan fingerprint density at radius 3 is 2.72 bits per heavy atom. The second-order valence-corrected chi connectivity index (χ2v) is 5.96. The van der Waals surface area contributed by atoms with Crippen LogP contribution in [0.5, 0.6) is 0 Å². The van der Waals surface area contributed by atoms with Crippen molar-refractivity contribution in [2.75, 3.05) is 5.75 Å². The van der Waals surface area contributed by atoms with Crippen LogP contribution in [-0.2, 0) is 16.8 Å². The molecule has 0 atom stereocenters. The van der Waals surface area contributed by atoms with Crippen LogP contribution in [0.15, 0.2) is 5.16 Å². The van der Waals surface area contributed by atoms with Gasteiger partial charge in [0.2, 0.25) is 0 Å². The smallest absolute Gasteiger partial charge is 0.313 e. The van der Waals surface area contributed by atoms with E-state index in [2.05, 4.69) is 28.6 Å². The molecule has 100 valence electrons. The number of aliphatic carboxylic acids is 1. The van der Waals surface area contributed by atoms with Crippen molar-refractivity contribution in [1.29, 1.82) is 0 Å². The number of hydrogen-bond donors (Lipinski definition) is 1. The zero-order valence-electron chi connectivity index (χ0n) is 10.8. The molecule has 0 aliphatic heterocycles. The van der Waals surface area contributed by atoms with Crippen LogP contribution in [0, 0.1) is 0 Å². The summed E-state index contributed by atoms with van der Waals surface area (Å²) >= 11 is 1.27. The summed E-state index contributed by atoms with van der Waals surface area (Å²) in [6.07, 6.45) is 5.40. The summed E-state index contributed by atoms with van der Waals surface area (Å²) in [6, 6.07) is 0. The Bertz CT molecular complexity index is 441. The molecular formula is C12H19N3O2S. The van der Waals surface area contributed by atoms with Crippen molar-refractivity contribution in [2.45, 2.75) is 56.6 Å². The average Bonchev–Trinajstić information content (AvgIpc) is 2.67. The Morgan fingerprint density at radius 1 is 1.50 bits per heavy atom. The van der Waals surface area contributed by atoms with E-state index in [1.54, 1.807) is 0 Å². The largest absolute Gasteiger partial charge is 0.481 e. The minimum Gasteiger partial charge on any atom is -0.481 e. The van der Waals surface area contributed by atoms with Gasteiger partial charge in [0.05, 0.1) is 5.75 Å². The van der Waals surface area contributed by atoms with Crippen LogP contribution in [0.25, 0.3) is 0 Å². The molecule has 1 heterocycles. The Hall–Kier alpha value is -1.04. The molecule has 1 saturated carbocycles. The molecule has 1 aliphatic carbocycles. The first-order valence-corrected chi connectivity index (χ1v) is 7.35. The van der Waals surface area contributed by atoms with Crippen LogP contribution in [0.1, 0.15) is 45.4 Å². The Balaban J connectivity index is 2.25. The summed E-state index contributed by atoms with van der Waals surface area (Å²) in [7, 11) is 0. The van der Waals surface area contributed by atoms with Crippen LogP contribution in [-0.4, -0.2) is 31.6 Å². The number of aryl methyl sites for hydroxylation is 1. The number of hydrogen-bond acceptors (Lipinski definition) is 4. The van der Waals surface area contributed by atoms with Crippen LogP contribution < -0.4 is 0 Å². The van der Waals surface area contributed by atoms with E-state index in [9.17, 15) is 4.79 Å². The lowest BCUT2D eigenvalue weighted by molar-refractivity contribution is -0.133. The highest BCUT2D eigenvalue weighted by molar-refractivity contribution is 7.99. The summed E-state index contributed by atoms with van der Waals surface area (Å²) < 4.78 is 2.17. The third kappa shape index (κ3) is 2.53. The number of thioether (sulfide) groups is 1. The van der Waals surface area contributed by atoms with Crippen molar-refractivity contribution in [2.24, 2.45) is 0 Å². The van der Waals surface area contributed by atoms with E-state index in [4.69, 9.17) is 5.11 Å². The topological polar surface area (TPSA) is 68.0 Å². The number of aromatic nitrogens is 3. The number of nitrogens with zero attached hydrogens (tertiary/aromatic N) is 3. The van der Waals surface area contributed by atoms with Crippen LogP contribution in [0.2, 0.25) is 0 Å². The number of rotatable bonds is 6. The molecule has 0 amide bonds. The first-order valence-electron chi connectivity index (χ1n) is 6.36. The van der Waals surface area contributed by atoms with Crippen LogP contribution in [0.4, 0.5) is 0 Å². The highest BCUT2D eigenvalue weighted by atomic mass is 32.2. The summed E-state index contributed by atoms with van der Waals surface area (Å²) in [5.41, 5.74) is 0.0921. The van der Waals surface area contributed by atoms with E-state index >= 15 is 0 Å². The van der Waals surface area contributed by atoms with Gasteiger partial charge in [-0.05, 0) is 32.6 Å². The van der Waals surface area contributed by atoms with E-state index in [0.717, 1.165) is 36.7 Å². The SMILES string of the molecule is CCCc1nnc(SCC(=O)O)n1C1(C)CCC1. The second-order valence-electron chi connectivity index (χ2n) is 5.02. The van der Waals surface area contributed by atoms with E-state index in [1.165, 1.54) is 18.2 Å². The maximum Gasteiger partial charge on any atom is 0.313 e. The number of carboxylic acid groups (broad SMARTS) is 1. The minimum atomic E-state index is -0.814. The van der Waals surface area contributed by atoms with E-state index in [0.29, 0.717) is 0 Å². The molecule has 0 bridgehead atoms. The van der Waals surface area contributed by atoms with Crippen LogP contribution in [0.3, 0.4) is 0 Å². The van der Waals surface area contributed by atoms with Gasteiger partial charge >= 0.3 is 5.97 Å². The molecule has 5 nitrogen and oxygen atoms in total. The number of carboxylic acids is 1. The predicted octanol–water partition coefficient (Wildman–Crippen LogP) is 2.31. The van der Waals surface area contributed by atoms with Crippen molar-refractivity contribution in [1.82, 2.24) is 14.8 Å². The fraction of sp³-hybridized carbons (Fsp3) is 0.750. The lowest BCUT2D eigenvalue weighted by atomic mass is 9.78. The highest BCUT2D eigenvalue weighted by Crippen LogP contribution is 2.41. The van der Waals surface area contributed by atoms with Gasteiger partial charge in [0, 0.05) is 12.0 Å². The third-order valence-electron chi connectivity index (χ3n) is 3.47. The molecule has 0 saturated heterocycles. The molecule has 18 heavy (non-hydrogen) atoms. The Kier molecular flexibility index (Phi) is 3.94. The predicted molar refractivity (Wildman–Crippen MR) is 69.9 cm³/mol. The summed E-state index contributed by atoms with van der Waals surface area (Å²) in [5.74, 6) is 0.221. The molecule has 1 N–H and O–H groups in total. The van der Waals surface area contributed by atoms with E-state index in [-0.39, 0.29) is 11.3 Å². The van der Waals surface area contributed by atoms with E-state index in [1.807, 2.05) is 0 Å². The Labute approximate surface area is 111 Å². The van der Waals surface area contributed by atoms with Crippen molar-refractivity contribution < 1.29 is 9.90 Å². The van der Waals surface area contributed by atoms with Gasteiger partial charge in [0.25, 0.3) is 0 Å². The van der Waals surface area contributed by atoms with Crippen LogP contribution >= 0.6 is 11.8 Å². The molecule has 1 fully saturated rings. The van der Waals surface area contributed by atoms with Crippen molar-refractivity contribution in [3.8, 4) is 0 Å². The molecule has 2 rings (SSSR count). The average molecular weight is 269 g/mol. The first-order chi connectivity index (χ1) is 8.57. The van der Waals surface area contributed by atoms with Crippen molar-refractivity contribution in [3.63, 3.8) is 0 Å². The van der Waals surface area contributed by atoms with Gasteiger partial charge in [-0.15, -0.1) is 10.2 Å². The second kappa shape index (κ2) is 5.30. The van der Waals surface area contributed by atoms with Gasteiger partial charge in [0.15, 0.2) is 5.16 Å². The lowest BCUT2D eigenvalue weighted by Crippen LogP contribution is -2.39. The first kappa shape index (κ1) is 13.4. The van der Waals surface area contributed by atoms with Crippen molar-refractivity contribution in [3.05, 3.63) is 5.82 Å². The molecule has 0 aromatic carbocycles. The van der Waals surface area contributed by atoms with Gasteiger partial charge in [-0.1, -0.05) is 18.7 Å². The Morgan fingerprint density at radius 2 is 2.22 bits per heavy atom. The van der Waals surface area contributed by atoms with Gasteiger partial charge in [0.1, 0.15) is 5.82 Å². The van der Waals surface area contributed by atoms with E-state index < -0.39 is 5.97 Å². The summed E-state index contributed by atoms with van der Waals surface area (Å²) in [4.78, 5) is 10.7. The standard InChI is InChI=1S/C12H19N3O2S/c1-3-5-9-13-14-11(18-8-10(16)17)15(9)12(2)6-4-7-12/h3-8H2,1-2H3,(H,16,17). The molecule has 0 unspecified atom stereocenters. The third-order valence-corrected chi connectivity index (χ3v) is 4.38. The fourth-order valence-electron chi connectivity index (χ4n) is 2.36. The van der Waals surface area contributed by atoms with Gasteiger partial charge in [-0.25, -0.2) is 0 Å². The maximum atomic E-state index is 10.7. The molecule has 1 aliphatic rings. The minimum absolute atomic E-state index is 0.0420. The fourth-order valence-corrected chi connectivity index (χ4v) is 3.17. The highest BCUT2D eigenvalue weighted by Gasteiger charge is 2.37. The number of carbonyl (C=O) groups is 1. The summed E-state index contributed by atoms with van der Waals surface area (Å²) in [5, 5.41) is 17.9. The van der Waals surface area contributed by atoms with Gasteiger partial charge in [-0.2, -0.15) is 0 Å². The van der Waals surface area contributed by atoms with Gasteiger partial charge in [-0.3, -0.25) is 4.79 Å².